The molecule has 3 aromatic rings. The Morgan fingerprint density at radius 3 is 2.86 bits per heavy atom. The Labute approximate surface area is 167 Å². The Hall–Kier alpha value is -2.55. The average molecular weight is 398 g/mol. The number of aromatic nitrogens is 2. The van der Waals surface area contributed by atoms with Crippen molar-refractivity contribution in [1.82, 2.24) is 19.0 Å². The number of carbonyl (C=O) groups is 1. The van der Waals surface area contributed by atoms with Gasteiger partial charge in [-0.05, 0) is 35.9 Å². The molecule has 1 amide bonds. The van der Waals surface area contributed by atoms with Gasteiger partial charge in [-0.3, -0.25) is 9.69 Å². The number of fused-ring (bicyclic) bond motifs is 1. The quantitative estimate of drug-likeness (QED) is 0.688. The number of ether oxygens (including phenoxy) is 2. The zero-order chi connectivity index (χ0) is 19.3. The summed E-state index contributed by atoms with van der Waals surface area (Å²) >= 11 is 1.15. The van der Waals surface area contributed by atoms with Crippen molar-refractivity contribution in [3.8, 4) is 5.75 Å². The lowest BCUT2D eigenvalue weighted by Crippen LogP contribution is -2.43. The molecule has 28 heavy (non-hydrogen) atoms. The minimum atomic E-state index is -0.115. The fourth-order valence-corrected chi connectivity index (χ4v) is 3.93. The molecule has 0 radical (unpaired) electrons. The SMILES string of the molecule is COc1cccc(C(CNC(=O)c2ccc3nsnc3c2)N2CCOCC2)c1. The summed E-state index contributed by atoms with van der Waals surface area (Å²) in [6.45, 7) is 3.55. The summed E-state index contributed by atoms with van der Waals surface area (Å²) in [5, 5.41) is 3.08. The van der Waals surface area contributed by atoms with Crippen LogP contribution in [0.1, 0.15) is 22.0 Å². The molecule has 2 heterocycles. The highest BCUT2D eigenvalue weighted by Gasteiger charge is 2.24. The van der Waals surface area contributed by atoms with Gasteiger partial charge in [0.1, 0.15) is 16.8 Å². The van der Waals surface area contributed by atoms with Crippen molar-refractivity contribution in [3.05, 3.63) is 53.6 Å². The van der Waals surface area contributed by atoms with E-state index in [-0.39, 0.29) is 11.9 Å². The number of amides is 1. The number of hydrogen-bond acceptors (Lipinski definition) is 7. The van der Waals surface area contributed by atoms with Gasteiger partial charge in [0.15, 0.2) is 0 Å². The number of morpholine rings is 1. The zero-order valence-electron chi connectivity index (χ0n) is 15.6. The molecule has 146 valence electrons. The molecule has 1 fully saturated rings. The molecule has 0 bridgehead atoms. The third-order valence-electron chi connectivity index (χ3n) is 4.94. The molecular weight excluding hydrogens is 376 g/mol. The first kappa shape index (κ1) is 18.8. The third-order valence-corrected chi connectivity index (χ3v) is 5.49. The molecular formula is C20H22N4O3S. The third kappa shape index (κ3) is 4.14. The first-order valence-corrected chi connectivity index (χ1v) is 9.94. The molecule has 1 atom stereocenters. The van der Waals surface area contributed by atoms with Gasteiger partial charge in [-0.2, -0.15) is 8.75 Å². The number of hydrogen-bond donors (Lipinski definition) is 1. The molecule has 0 spiro atoms. The molecule has 1 saturated heterocycles. The minimum Gasteiger partial charge on any atom is -0.497 e. The van der Waals surface area contributed by atoms with Crippen LogP contribution in [-0.4, -0.2) is 59.5 Å². The Bertz CT molecular complexity index is 955. The summed E-state index contributed by atoms with van der Waals surface area (Å²) in [6, 6.07) is 13.4. The number of rotatable bonds is 6. The van der Waals surface area contributed by atoms with Crippen LogP contribution in [0.3, 0.4) is 0 Å². The van der Waals surface area contributed by atoms with Crippen molar-refractivity contribution in [2.45, 2.75) is 6.04 Å². The number of nitrogens with one attached hydrogen (secondary N) is 1. The highest BCUT2D eigenvalue weighted by molar-refractivity contribution is 7.00. The van der Waals surface area contributed by atoms with E-state index in [1.807, 2.05) is 24.3 Å². The van der Waals surface area contributed by atoms with E-state index in [1.165, 1.54) is 0 Å². The standard InChI is InChI=1S/C20H22N4O3S/c1-26-16-4-2-3-14(11-16)19(24-7-9-27-10-8-24)13-21-20(25)15-5-6-17-18(12-15)23-28-22-17/h2-6,11-12,19H,7-10,13H2,1H3,(H,21,25). The summed E-state index contributed by atoms with van der Waals surface area (Å²) in [5.74, 6) is 0.694. The van der Waals surface area contributed by atoms with Crippen LogP contribution >= 0.6 is 11.7 Å². The van der Waals surface area contributed by atoms with Crippen molar-refractivity contribution in [2.75, 3.05) is 40.0 Å². The predicted octanol–water partition coefficient (Wildman–Crippen LogP) is 2.50. The molecule has 7 nitrogen and oxygen atoms in total. The molecule has 1 N–H and O–H groups in total. The lowest BCUT2D eigenvalue weighted by Gasteiger charge is -2.35. The summed E-state index contributed by atoms with van der Waals surface area (Å²) < 4.78 is 19.3. The monoisotopic (exact) mass is 398 g/mol. The highest BCUT2D eigenvalue weighted by atomic mass is 32.1. The van der Waals surface area contributed by atoms with Crippen molar-refractivity contribution in [1.29, 1.82) is 0 Å². The normalized spacial score (nSPS) is 16.0. The van der Waals surface area contributed by atoms with Crippen LogP contribution in [0.2, 0.25) is 0 Å². The Kier molecular flexibility index (Phi) is 5.80. The van der Waals surface area contributed by atoms with Gasteiger partial charge < -0.3 is 14.8 Å². The van der Waals surface area contributed by atoms with E-state index in [9.17, 15) is 4.79 Å². The maximum absolute atomic E-state index is 12.7. The second-order valence-electron chi connectivity index (χ2n) is 6.62. The van der Waals surface area contributed by atoms with Crippen molar-refractivity contribution >= 4 is 28.7 Å². The lowest BCUT2D eigenvalue weighted by molar-refractivity contribution is 0.0162. The van der Waals surface area contributed by atoms with E-state index < -0.39 is 0 Å². The average Bonchev–Trinajstić information content (AvgIpc) is 3.22. The molecule has 1 aliphatic heterocycles. The Balaban J connectivity index is 1.51. The first-order chi connectivity index (χ1) is 13.7. The van der Waals surface area contributed by atoms with Gasteiger partial charge in [0, 0.05) is 25.2 Å². The lowest BCUT2D eigenvalue weighted by atomic mass is 10.0. The van der Waals surface area contributed by atoms with Gasteiger partial charge >= 0.3 is 0 Å². The smallest absolute Gasteiger partial charge is 0.251 e. The second kappa shape index (κ2) is 8.64. The fourth-order valence-electron chi connectivity index (χ4n) is 3.41. The Morgan fingerprint density at radius 2 is 2.04 bits per heavy atom. The second-order valence-corrected chi connectivity index (χ2v) is 7.15. The summed E-state index contributed by atoms with van der Waals surface area (Å²) in [6.07, 6.45) is 0. The summed E-state index contributed by atoms with van der Waals surface area (Å²) in [7, 11) is 1.66. The molecule has 1 unspecified atom stereocenters. The maximum Gasteiger partial charge on any atom is 0.251 e. The molecule has 4 rings (SSSR count). The van der Waals surface area contributed by atoms with Crippen molar-refractivity contribution < 1.29 is 14.3 Å². The van der Waals surface area contributed by atoms with E-state index in [4.69, 9.17) is 9.47 Å². The zero-order valence-corrected chi connectivity index (χ0v) is 16.4. The van der Waals surface area contributed by atoms with Crippen LogP contribution in [-0.2, 0) is 4.74 Å². The van der Waals surface area contributed by atoms with Crippen LogP contribution in [0, 0.1) is 0 Å². The highest BCUT2D eigenvalue weighted by Crippen LogP contribution is 2.25. The van der Waals surface area contributed by atoms with Crippen molar-refractivity contribution in [2.24, 2.45) is 0 Å². The first-order valence-electron chi connectivity index (χ1n) is 9.21. The summed E-state index contributed by atoms with van der Waals surface area (Å²) in [5.41, 5.74) is 3.26. The van der Waals surface area contributed by atoms with E-state index in [0.29, 0.717) is 25.3 Å². The van der Waals surface area contributed by atoms with E-state index in [2.05, 4.69) is 25.0 Å². The minimum absolute atomic E-state index is 0.0487. The Morgan fingerprint density at radius 1 is 1.21 bits per heavy atom. The van der Waals surface area contributed by atoms with Gasteiger partial charge in [0.05, 0.1) is 38.1 Å². The fraction of sp³-hybridized carbons (Fsp3) is 0.350. The number of benzene rings is 2. The number of nitrogens with zero attached hydrogens (tertiary/aromatic N) is 3. The van der Waals surface area contributed by atoms with Crippen LogP contribution in [0.5, 0.6) is 5.75 Å². The molecule has 0 aliphatic carbocycles. The van der Waals surface area contributed by atoms with E-state index >= 15 is 0 Å². The topological polar surface area (TPSA) is 76.6 Å². The van der Waals surface area contributed by atoms with Crippen LogP contribution < -0.4 is 10.1 Å². The van der Waals surface area contributed by atoms with Gasteiger partial charge in [0.2, 0.25) is 0 Å². The molecule has 1 aromatic heterocycles. The van der Waals surface area contributed by atoms with Crippen LogP contribution in [0.4, 0.5) is 0 Å². The van der Waals surface area contributed by atoms with Gasteiger partial charge in [-0.1, -0.05) is 12.1 Å². The molecule has 2 aromatic carbocycles. The van der Waals surface area contributed by atoms with E-state index in [1.54, 1.807) is 19.2 Å². The molecule has 8 heteroatoms. The number of carbonyl (C=O) groups excluding carboxylic acids is 1. The largest absolute Gasteiger partial charge is 0.497 e. The maximum atomic E-state index is 12.7. The van der Waals surface area contributed by atoms with Crippen LogP contribution in [0.15, 0.2) is 42.5 Å². The van der Waals surface area contributed by atoms with Crippen LogP contribution in [0.25, 0.3) is 11.0 Å². The van der Waals surface area contributed by atoms with Gasteiger partial charge in [0.25, 0.3) is 5.91 Å². The molecule has 1 aliphatic rings. The van der Waals surface area contributed by atoms with E-state index in [0.717, 1.165) is 47.2 Å². The molecule has 0 saturated carbocycles. The van der Waals surface area contributed by atoms with Gasteiger partial charge in [-0.15, -0.1) is 0 Å². The predicted molar refractivity (Wildman–Crippen MR) is 108 cm³/mol. The van der Waals surface area contributed by atoms with Gasteiger partial charge in [-0.25, -0.2) is 0 Å². The summed E-state index contributed by atoms with van der Waals surface area (Å²) in [4.78, 5) is 15.1. The number of methoxy groups -OCH3 is 1. The van der Waals surface area contributed by atoms with Crippen molar-refractivity contribution in [3.63, 3.8) is 0 Å².